The van der Waals surface area contributed by atoms with Crippen LogP contribution in [0, 0.1) is 0 Å². The quantitative estimate of drug-likeness (QED) is 0.511. The molecule has 0 saturated carbocycles. The molecule has 1 aromatic rings. The Hall–Kier alpha value is -1.15. The molecule has 0 unspecified atom stereocenters. The number of aryl methyl sites for hydroxylation is 2. The van der Waals surface area contributed by atoms with E-state index >= 15 is 0 Å². The van der Waals surface area contributed by atoms with Crippen molar-refractivity contribution in [1.29, 1.82) is 0 Å². The van der Waals surface area contributed by atoms with Crippen LogP contribution in [0.5, 0.6) is 0 Å². The Balaban J connectivity index is 2.58. The lowest BCUT2D eigenvalue weighted by Crippen LogP contribution is -2.22. The van der Waals surface area contributed by atoms with Crippen molar-refractivity contribution in [1.82, 2.24) is 14.3 Å². The summed E-state index contributed by atoms with van der Waals surface area (Å²) >= 11 is 0. The average molecular weight is 263 g/mol. The number of rotatable bonds is 6. The molecule has 7 nitrogen and oxygen atoms in total. The van der Waals surface area contributed by atoms with Gasteiger partial charge in [-0.1, -0.05) is 0 Å². The molecule has 1 rings (SSSR count). The molecule has 0 aromatic carbocycles. The lowest BCUT2D eigenvalue weighted by atomic mass is 10.3. The van der Waals surface area contributed by atoms with Crippen LogP contribution in [0.25, 0.3) is 0 Å². The fraction of sp³-hybridized carbons (Fsp3) is 0.778. The summed E-state index contributed by atoms with van der Waals surface area (Å²) in [7, 11) is -1.80. The topological polar surface area (TPSA) is 83.2 Å². The maximum atomic E-state index is 11.5. The van der Waals surface area contributed by atoms with Gasteiger partial charge in [-0.2, -0.15) is 13.5 Å². The predicted octanol–water partition coefficient (Wildman–Crippen LogP) is -0.489. The average Bonchev–Trinajstić information content (AvgIpc) is 2.48. The van der Waals surface area contributed by atoms with Gasteiger partial charge >= 0.3 is 5.69 Å². The summed E-state index contributed by atoms with van der Waals surface area (Å²) in [6, 6.07) is 0. The van der Waals surface area contributed by atoms with E-state index in [1.54, 1.807) is 11.6 Å². The first kappa shape index (κ1) is 13.9. The second kappa shape index (κ2) is 5.46. The molecule has 0 aliphatic rings. The van der Waals surface area contributed by atoms with Crippen LogP contribution < -0.4 is 5.69 Å². The second-order valence-corrected chi connectivity index (χ2v) is 5.34. The molecular weight excluding hydrogens is 246 g/mol. The van der Waals surface area contributed by atoms with Crippen LogP contribution in [0.4, 0.5) is 0 Å². The molecule has 1 aromatic heterocycles. The molecular formula is C9H17N3O4S. The highest BCUT2D eigenvalue weighted by Crippen LogP contribution is 1.99. The summed E-state index contributed by atoms with van der Waals surface area (Å²) in [5, 5.41) is 4.08. The highest BCUT2D eigenvalue weighted by atomic mass is 32.2. The van der Waals surface area contributed by atoms with Gasteiger partial charge in [-0.05, 0) is 13.3 Å². The second-order valence-electron chi connectivity index (χ2n) is 3.70. The lowest BCUT2D eigenvalue weighted by molar-refractivity contribution is 0.314. The van der Waals surface area contributed by atoms with Crippen LogP contribution in [0.15, 0.2) is 4.79 Å². The molecule has 0 saturated heterocycles. The molecule has 1 heterocycles. The summed E-state index contributed by atoms with van der Waals surface area (Å²) < 4.78 is 28.9. The Bertz CT molecular complexity index is 529. The van der Waals surface area contributed by atoms with Crippen molar-refractivity contribution in [3.63, 3.8) is 0 Å². The molecule has 0 fully saturated rings. The van der Waals surface area contributed by atoms with Crippen LogP contribution in [-0.2, 0) is 34.3 Å². The predicted molar refractivity (Wildman–Crippen MR) is 62.3 cm³/mol. The summed E-state index contributed by atoms with van der Waals surface area (Å²) in [6.45, 7) is 2.52. The maximum Gasteiger partial charge on any atom is 0.345 e. The Morgan fingerprint density at radius 3 is 2.59 bits per heavy atom. The number of nitrogens with zero attached hydrogens (tertiary/aromatic N) is 3. The van der Waals surface area contributed by atoms with Crippen molar-refractivity contribution in [2.24, 2.45) is 7.05 Å². The normalized spacial score (nSPS) is 11.9. The molecule has 0 spiro atoms. The van der Waals surface area contributed by atoms with Crippen LogP contribution in [0.1, 0.15) is 19.2 Å². The first-order valence-corrected chi connectivity index (χ1v) is 7.14. The summed E-state index contributed by atoms with van der Waals surface area (Å²) in [6.07, 6.45) is 2.03. The third-order valence-electron chi connectivity index (χ3n) is 2.24. The monoisotopic (exact) mass is 263 g/mol. The Labute approximate surface area is 100 Å². The highest BCUT2D eigenvalue weighted by Gasteiger charge is 2.09. The Morgan fingerprint density at radius 2 is 2.06 bits per heavy atom. The molecule has 0 aliphatic heterocycles. The summed E-state index contributed by atoms with van der Waals surface area (Å²) in [5.41, 5.74) is -0.161. The van der Waals surface area contributed by atoms with Gasteiger partial charge in [0.1, 0.15) is 5.82 Å². The van der Waals surface area contributed by atoms with Gasteiger partial charge in [0.2, 0.25) is 0 Å². The van der Waals surface area contributed by atoms with Crippen LogP contribution in [-0.4, -0.2) is 35.6 Å². The van der Waals surface area contributed by atoms with E-state index in [-0.39, 0.29) is 12.3 Å². The van der Waals surface area contributed by atoms with E-state index in [0.717, 1.165) is 6.26 Å². The van der Waals surface area contributed by atoms with E-state index in [2.05, 4.69) is 9.28 Å². The SMILES string of the molecule is CCn1c(CCCOS(C)(=O)=O)nn(C)c1=O. The van der Waals surface area contributed by atoms with Crippen LogP contribution >= 0.6 is 0 Å². The van der Waals surface area contributed by atoms with E-state index in [0.29, 0.717) is 25.2 Å². The first-order valence-electron chi connectivity index (χ1n) is 5.32. The minimum absolute atomic E-state index is 0.104. The number of hydrogen-bond donors (Lipinski definition) is 0. The zero-order valence-electron chi connectivity index (χ0n) is 10.2. The first-order chi connectivity index (χ1) is 7.85. The number of aromatic nitrogens is 3. The van der Waals surface area contributed by atoms with E-state index in [4.69, 9.17) is 0 Å². The number of hydrogen-bond acceptors (Lipinski definition) is 5. The van der Waals surface area contributed by atoms with Crippen molar-refractivity contribution in [2.75, 3.05) is 12.9 Å². The van der Waals surface area contributed by atoms with Gasteiger partial charge in [0.25, 0.3) is 10.1 Å². The Kier molecular flexibility index (Phi) is 4.47. The van der Waals surface area contributed by atoms with Crippen molar-refractivity contribution in [3.05, 3.63) is 16.3 Å². The fourth-order valence-electron chi connectivity index (χ4n) is 1.50. The van der Waals surface area contributed by atoms with Gasteiger partial charge in [0.15, 0.2) is 0 Å². The lowest BCUT2D eigenvalue weighted by Gasteiger charge is -2.02. The Morgan fingerprint density at radius 1 is 1.41 bits per heavy atom. The molecule has 0 N–H and O–H groups in total. The highest BCUT2D eigenvalue weighted by molar-refractivity contribution is 7.85. The maximum absolute atomic E-state index is 11.5. The van der Waals surface area contributed by atoms with Gasteiger partial charge in [-0.25, -0.2) is 9.48 Å². The van der Waals surface area contributed by atoms with Gasteiger partial charge in [0.05, 0.1) is 12.9 Å². The molecule has 98 valence electrons. The van der Waals surface area contributed by atoms with E-state index in [9.17, 15) is 13.2 Å². The van der Waals surface area contributed by atoms with Gasteiger partial charge in [-0.15, -0.1) is 0 Å². The van der Waals surface area contributed by atoms with E-state index in [1.165, 1.54) is 4.68 Å². The van der Waals surface area contributed by atoms with Crippen molar-refractivity contribution in [3.8, 4) is 0 Å². The van der Waals surface area contributed by atoms with Crippen molar-refractivity contribution >= 4 is 10.1 Å². The van der Waals surface area contributed by atoms with Crippen molar-refractivity contribution in [2.45, 2.75) is 26.3 Å². The van der Waals surface area contributed by atoms with E-state index in [1.807, 2.05) is 6.92 Å². The third kappa shape index (κ3) is 3.97. The molecule has 0 atom stereocenters. The van der Waals surface area contributed by atoms with E-state index < -0.39 is 10.1 Å². The fourth-order valence-corrected chi connectivity index (χ4v) is 1.92. The standard InChI is InChI=1S/C9H17N3O4S/c1-4-12-8(10-11(2)9(12)13)6-5-7-16-17(3,14)15/h4-7H2,1-3H3. The summed E-state index contributed by atoms with van der Waals surface area (Å²) in [5.74, 6) is 0.650. The van der Waals surface area contributed by atoms with Gasteiger partial charge in [0, 0.05) is 20.0 Å². The largest absolute Gasteiger partial charge is 0.345 e. The van der Waals surface area contributed by atoms with Gasteiger partial charge < -0.3 is 0 Å². The zero-order valence-corrected chi connectivity index (χ0v) is 11.0. The molecule has 0 amide bonds. The molecule has 17 heavy (non-hydrogen) atoms. The van der Waals surface area contributed by atoms with Crippen LogP contribution in [0.3, 0.4) is 0 Å². The molecule has 0 radical (unpaired) electrons. The summed E-state index contributed by atoms with van der Waals surface area (Å²) in [4.78, 5) is 11.5. The van der Waals surface area contributed by atoms with Crippen LogP contribution in [0.2, 0.25) is 0 Å². The minimum Gasteiger partial charge on any atom is -0.279 e. The smallest absolute Gasteiger partial charge is 0.279 e. The zero-order chi connectivity index (χ0) is 13.1. The minimum atomic E-state index is -3.39. The van der Waals surface area contributed by atoms with Crippen molar-refractivity contribution < 1.29 is 12.6 Å². The third-order valence-corrected chi connectivity index (χ3v) is 2.84. The molecule has 8 heteroatoms. The molecule has 0 aliphatic carbocycles. The van der Waals surface area contributed by atoms with Gasteiger partial charge in [-0.3, -0.25) is 8.75 Å². The molecule has 0 bridgehead atoms.